The lowest BCUT2D eigenvalue weighted by Crippen LogP contribution is -2.23. The van der Waals surface area contributed by atoms with Crippen LogP contribution in [0.15, 0.2) is 18.6 Å². The van der Waals surface area contributed by atoms with E-state index in [4.69, 9.17) is 4.74 Å². The number of aromatic nitrogens is 4. The standard InChI is InChI=1S/C17H23N5O2/c1-4-24-16(23)15-9-18-17(20-12(15)2)22-6-5-13(11-22)7-14-8-19-21(3)10-14/h8-10,13H,4-7,11H2,1-3H3/t13-/m1/s1. The number of hydrogen-bond donors (Lipinski definition) is 0. The second-order valence-electron chi connectivity index (χ2n) is 6.22. The first-order valence-corrected chi connectivity index (χ1v) is 8.30. The summed E-state index contributed by atoms with van der Waals surface area (Å²) in [6, 6.07) is 0. The van der Waals surface area contributed by atoms with Crippen LogP contribution in [0, 0.1) is 12.8 Å². The molecule has 3 heterocycles. The Balaban J connectivity index is 1.65. The third kappa shape index (κ3) is 3.55. The fourth-order valence-corrected chi connectivity index (χ4v) is 3.11. The van der Waals surface area contributed by atoms with Crippen LogP contribution in [0.25, 0.3) is 0 Å². The van der Waals surface area contributed by atoms with Gasteiger partial charge in [0.2, 0.25) is 5.95 Å². The Morgan fingerprint density at radius 3 is 2.92 bits per heavy atom. The number of esters is 1. The van der Waals surface area contributed by atoms with Crippen molar-refractivity contribution in [3.8, 4) is 0 Å². The van der Waals surface area contributed by atoms with Crippen molar-refractivity contribution >= 4 is 11.9 Å². The molecular weight excluding hydrogens is 306 g/mol. The number of carbonyl (C=O) groups is 1. The molecule has 7 nitrogen and oxygen atoms in total. The molecule has 0 N–H and O–H groups in total. The minimum Gasteiger partial charge on any atom is -0.462 e. The van der Waals surface area contributed by atoms with Crippen LogP contribution in [0.5, 0.6) is 0 Å². The van der Waals surface area contributed by atoms with Crippen LogP contribution in [0.2, 0.25) is 0 Å². The molecule has 2 aromatic rings. The fraction of sp³-hybridized carbons (Fsp3) is 0.529. The Hall–Kier alpha value is -2.44. The summed E-state index contributed by atoms with van der Waals surface area (Å²) in [5.74, 6) is 0.898. The van der Waals surface area contributed by atoms with Gasteiger partial charge in [-0.2, -0.15) is 5.10 Å². The summed E-state index contributed by atoms with van der Waals surface area (Å²) in [4.78, 5) is 22.9. The summed E-state index contributed by atoms with van der Waals surface area (Å²) in [5, 5.41) is 4.22. The molecule has 0 saturated carbocycles. The Kier molecular flexibility index (Phi) is 4.78. The summed E-state index contributed by atoms with van der Waals surface area (Å²) in [6.45, 7) is 5.81. The number of hydrogen-bond acceptors (Lipinski definition) is 6. The average molecular weight is 329 g/mol. The highest BCUT2D eigenvalue weighted by atomic mass is 16.5. The van der Waals surface area contributed by atoms with Crippen molar-refractivity contribution in [2.75, 3.05) is 24.6 Å². The summed E-state index contributed by atoms with van der Waals surface area (Å²) in [5.41, 5.74) is 2.36. The lowest BCUT2D eigenvalue weighted by atomic mass is 10.0. The van der Waals surface area contributed by atoms with Crippen molar-refractivity contribution in [2.24, 2.45) is 13.0 Å². The molecule has 3 rings (SSSR count). The Bertz CT molecular complexity index is 728. The predicted molar refractivity (Wildman–Crippen MR) is 90.0 cm³/mol. The molecule has 0 aromatic carbocycles. The topological polar surface area (TPSA) is 73.1 Å². The van der Waals surface area contributed by atoms with Gasteiger partial charge in [0, 0.05) is 32.5 Å². The zero-order valence-corrected chi connectivity index (χ0v) is 14.4. The highest BCUT2D eigenvalue weighted by molar-refractivity contribution is 5.90. The number of nitrogens with zero attached hydrogens (tertiary/aromatic N) is 5. The average Bonchev–Trinajstić information content (AvgIpc) is 3.17. The Morgan fingerprint density at radius 2 is 2.25 bits per heavy atom. The molecule has 1 aliphatic heterocycles. The first-order chi connectivity index (χ1) is 11.6. The normalized spacial score (nSPS) is 17.3. The van der Waals surface area contributed by atoms with E-state index in [0.29, 0.717) is 29.7 Å². The van der Waals surface area contributed by atoms with Crippen LogP contribution < -0.4 is 4.90 Å². The lowest BCUT2D eigenvalue weighted by molar-refractivity contribution is 0.0524. The minimum absolute atomic E-state index is 0.349. The van der Waals surface area contributed by atoms with Crippen LogP contribution in [-0.2, 0) is 18.2 Å². The van der Waals surface area contributed by atoms with Crippen LogP contribution in [0.4, 0.5) is 5.95 Å². The van der Waals surface area contributed by atoms with E-state index in [1.54, 1.807) is 13.1 Å². The SMILES string of the molecule is CCOC(=O)c1cnc(N2CC[C@H](Cc3cnn(C)c3)C2)nc1C. The van der Waals surface area contributed by atoms with Crippen LogP contribution in [0.1, 0.15) is 35.0 Å². The summed E-state index contributed by atoms with van der Waals surface area (Å²) in [7, 11) is 1.94. The maximum absolute atomic E-state index is 11.8. The number of anilines is 1. The van der Waals surface area contributed by atoms with Crippen molar-refractivity contribution < 1.29 is 9.53 Å². The molecule has 0 bridgehead atoms. The van der Waals surface area contributed by atoms with Gasteiger partial charge in [0.15, 0.2) is 0 Å². The lowest BCUT2D eigenvalue weighted by Gasteiger charge is -2.17. The maximum atomic E-state index is 11.8. The van der Waals surface area contributed by atoms with E-state index >= 15 is 0 Å². The van der Waals surface area contributed by atoms with Gasteiger partial charge in [-0.05, 0) is 38.2 Å². The number of carbonyl (C=O) groups excluding carboxylic acids is 1. The molecule has 0 radical (unpaired) electrons. The molecular formula is C17H23N5O2. The third-order valence-electron chi connectivity index (χ3n) is 4.31. The molecule has 2 aromatic heterocycles. The van der Waals surface area contributed by atoms with Crippen molar-refractivity contribution in [1.82, 2.24) is 19.7 Å². The molecule has 7 heteroatoms. The van der Waals surface area contributed by atoms with Gasteiger partial charge in [-0.25, -0.2) is 14.8 Å². The Labute approximate surface area is 141 Å². The molecule has 1 fully saturated rings. The van der Waals surface area contributed by atoms with Gasteiger partial charge in [-0.3, -0.25) is 4.68 Å². The van der Waals surface area contributed by atoms with Gasteiger partial charge in [0.25, 0.3) is 0 Å². The second-order valence-corrected chi connectivity index (χ2v) is 6.22. The molecule has 1 aliphatic rings. The second kappa shape index (κ2) is 6.98. The van der Waals surface area contributed by atoms with Gasteiger partial charge < -0.3 is 9.64 Å². The predicted octanol–water partition coefficient (Wildman–Crippen LogP) is 1.76. The van der Waals surface area contributed by atoms with E-state index in [1.807, 2.05) is 24.9 Å². The summed E-state index contributed by atoms with van der Waals surface area (Å²) >= 11 is 0. The number of aryl methyl sites for hydroxylation is 2. The van der Waals surface area contributed by atoms with Gasteiger partial charge in [0.05, 0.1) is 24.1 Å². The molecule has 0 amide bonds. The molecule has 128 valence electrons. The van der Waals surface area contributed by atoms with Crippen molar-refractivity contribution in [3.05, 3.63) is 35.4 Å². The van der Waals surface area contributed by atoms with E-state index in [9.17, 15) is 4.79 Å². The molecule has 0 aliphatic carbocycles. The highest BCUT2D eigenvalue weighted by Gasteiger charge is 2.25. The van der Waals surface area contributed by atoms with E-state index < -0.39 is 0 Å². The smallest absolute Gasteiger partial charge is 0.341 e. The molecule has 0 spiro atoms. The maximum Gasteiger partial charge on any atom is 0.341 e. The van der Waals surface area contributed by atoms with Gasteiger partial charge in [0.1, 0.15) is 0 Å². The summed E-state index contributed by atoms with van der Waals surface area (Å²) in [6.07, 6.45) is 7.69. The van der Waals surface area contributed by atoms with E-state index in [-0.39, 0.29) is 5.97 Å². The highest BCUT2D eigenvalue weighted by Crippen LogP contribution is 2.24. The monoisotopic (exact) mass is 329 g/mol. The largest absolute Gasteiger partial charge is 0.462 e. The van der Waals surface area contributed by atoms with Crippen molar-refractivity contribution in [2.45, 2.75) is 26.7 Å². The van der Waals surface area contributed by atoms with E-state index in [1.165, 1.54) is 5.56 Å². The number of ether oxygens (including phenoxy) is 1. The quantitative estimate of drug-likeness (QED) is 0.778. The van der Waals surface area contributed by atoms with Crippen LogP contribution in [0.3, 0.4) is 0 Å². The zero-order valence-electron chi connectivity index (χ0n) is 14.4. The van der Waals surface area contributed by atoms with E-state index in [2.05, 4.69) is 26.2 Å². The molecule has 24 heavy (non-hydrogen) atoms. The first kappa shape index (κ1) is 16.4. The first-order valence-electron chi connectivity index (χ1n) is 8.30. The van der Waals surface area contributed by atoms with Gasteiger partial charge in [-0.15, -0.1) is 0 Å². The zero-order chi connectivity index (χ0) is 17.1. The number of rotatable bonds is 5. The van der Waals surface area contributed by atoms with Gasteiger partial charge >= 0.3 is 5.97 Å². The molecule has 1 saturated heterocycles. The Morgan fingerprint density at radius 1 is 1.42 bits per heavy atom. The molecule has 1 atom stereocenters. The van der Waals surface area contributed by atoms with Crippen LogP contribution in [-0.4, -0.2) is 45.4 Å². The van der Waals surface area contributed by atoms with E-state index in [0.717, 1.165) is 25.9 Å². The minimum atomic E-state index is -0.363. The summed E-state index contributed by atoms with van der Waals surface area (Å²) < 4.78 is 6.86. The van der Waals surface area contributed by atoms with Gasteiger partial charge in [-0.1, -0.05) is 0 Å². The van der Waals surface area contributed by atoms with Crippen molar-refractivity contribution in [3.63, 3.8) is 0 Å². The third-order valence-corrected chi connectivity index (χ3v) is 4.31. The van der Waals surface area contributed by atoms with Crippen molar-refractivity contribution in [1.29, 1.82) is 0 Å². The fourth-order valence-electron chi connectivity index (χ4n) is 3.11. The van der Waals surface area contributed by atoms with Crippen LogP contribution >= 0.6 is 0 Å². The molecule has 0 unspecified atom stereocenters.